The molecule has 0 spiro atoms. The summed E-state index contributed by atoms with van der Waals surface area (Å²) in [5.41, 5.74) is 0. The van der Waals surface area contributed by atoms with E-state index in [1.165, 1.54) is 6.42 Å². The summed E-state index contributed by atoms with van der Waals surface area (Å²) in [6.07, 6.45) is 3.60. The molecule has 0 saturated heterocycles. The van der Waals surface area contributed by atoms with Crippen molar-refractivity contribution in [3.63, 3.8) is 0 Å². The van der Waals surface area contributed by atoms with Crippen molar-refractivity contribution in [3.8, 4) is 0 Å². The van der Waals surface area contributed by atoms with Crippen LogP contribution in [0.2, 0.25) is 0 Å². The normalized spacial score (nSPS) is 15.0. The van der Waals surface area contributed by atoms with Gasteiger partial charge in [0, 0.05) is 0 Å². The molecule has 2 unspecified atom stereocenters. The van der Waals surface area contributed by atoms with Crippen LogP contribution < -0.4 is 5.32 Å². The highest BCUT2D eigenvalue weighted by atomic mass is 16.3. The summed E-state index contributed by atoms with van der Waals surface area (Å²) in [7, 11) is 0. The smallest absolute Gasteiger partial charge is 0.121 e. The third-order valence-electron chi connectivity index (χ3n) is 3.26. The Bertz CT molecular complexity index is 330. The molecular formula is C16H29NO. The van der Waals surface area contributed by atoms with Crippen molar-refractivity contribution < 1.29 is 4.42 Å². The maximum Gasteiger partial charge on any atom is 0.121 e. The largest absolute Gasteiger partial charge is 0.465 e. The van der Waals surface area contributed by atoms with Gasteiger partial charge in [0.1, 0.15) is 11.5 Å². The van der Waals surface area contributed by atoms with Gasteiger partial charge >= 0.3 is 0 Å². The zero-order valence-electron chi connectivity index (χ0n) is 12.6. The number of hydrogen-bond donors (Lipinski definition) is 1. The summed E-state index contributed by atoms with van der Waals surface area (Å²) in [6.45, 7) is 12.2. The van der Waals surface area contributed by atoms with Crippen LogP contribution in [-0.4, -0.2) is 6.54 Å². The van der Waals surface area contributed by atoms with Crippen LogP contribution in [0.4, 0.5) is 0 Å². The van der Waals surface area contributed by atoms with Crippen LogP contribution in [0.5, 0.6) is 0 Å². The van der Waals surface area contributed by atoms with Gasteiger partial charge in [0.05, 0.1) is 6.04 Å². The molecule has 1 aromatic heterocycles. The Morgan fingerprint density at radius 3 is 2.39 bits per heavy atom. The lowest BCUT2D eigenvalue weighted by Gasteiger charge is -2.21. The first-order chi connectivity index (χ1) is 8.52. The molecule has 0 bridgehead atoms. The Morgan fingerprint density at radius 1 is 1.17 bits per heavy atom. The summed E-state index contributed by atoms with van der Waals surface area (Å²) in [6, 6.07) is 4.54. The van der Waals surface area contributed by atoms with Crippen LogP contribution in [0, 0.1) is 18.8 Å². The van der Waals surface area contributed by atoms with E-state index in [0.29, 0.717) is 6.04 Å². The van der Waals surface area contributed by atoms with Crippen LogP contribution in [0.15, 0.2) is 16.5 Å². The third kappa shape index (κ3) is 5.26. The lowest BCUT2D eigenvalue weighted by atomic mass is 9.92. The molecule has 0 aromatic carbocycles. The van der Waals surface area contributed by atoms with E-state index in [4.69, 9.17) is 4.42 Å². The lowest BCUT2D eigenvalue weighted by molar-refractivity contribution is 0.318. The van der Waals surface area contributed by atoms with Gasteiger partial charge in [-0.2, -0.15) is 0 Å². The highest BCUT2D eigenvalue weighted by molar-refractivity contribution is 5.09. The molecule has 0 aliphatic carbocycles. The van der Waals surface area contributed by atoms with E-state index in [1.807, 2.05) is 6.92 Å². The Kier molecular flexibility index (Phi) is 6.48. The van der Waals surface area contributed by atoms with E-state index in [-0.39, 0.29) is 0 Å². The van der Waals surface area contributed by atoms with Gasteiger partial charge in [-0.25, -0.2) is 0 Å². The highest BCUT2D eigenvalue weighted by Crippen LogP contribution is 2.26. The van der Waals surface area contributed by atoms with Crippen LogP contribution >= 0.6 is 0 Å². The molecule has 1 heterocycles. The van der Waals surface area contributed by atoms with Crippen molar-refractivity contribution >= 4 is 0 Å². The van der Waals surface area contributed by atoms with E-state index in [1.54, 1.807) is 0 Å². The van der Waals surface area contributed by atoms with Gasteiger partial charge in [0.15, 0.2) is 0 Å². The minimum Gasteiger partial charge on any atom is -0.465 e. The van der Waals surface area contributed by atoms with E-state index in [2.05, 4.69) is 45.1 Å². The molecule has 2 heteroatoms. The van der Waals surface area contributed by atoms with Crippen LogP contribution in [0.1, 0.15) is 64.5 Å². The summed E-state index contributed by atoms with van der Waals surface area (Å²) in [5.74, 6) is 3.59. The minimum atomic E-state index is 0.368. The maximum atomic E-state index is 5.79. The van der Waals surface area contributed by atoms with Gasteiger partial charge < -0.3 is 9.73 Å². The quantitative estimate of drug-likeness (QED) is 0.724. The fourth-order valence-electron chi connectivity index (χ4n) is 2.56. The molecule has 0 amide bonds. The molecule has 0 radical (unpaired) electrons. The number of nitrogens with one attached hydrogen (secondary N) is 1. The third-order valence-corrected chi connectivity index (χ3v) is 3.26. The van der Waals surface area contributed by atoms with E-state index >= 15 is 0 Å². The van der Waals surface area contributed by atoms with Crippen LogP contribution in [-0.2, 0) is 0 Å². The molecule has 2 nitrogen and oxygen atoms in total. The van der Waals surface area contributed by atoms with Crippen molar-refractivity contribution in [1.29, 1.82) is 0 Å². The van der Waals surface area contributed by atoms with E-state index in [0.717, 1.165) is 42.7 Å². The van der Waals surface area contributed by atoms with Crippen molar-refractivity contribution in [1.82, 2.24) is 5.32 Å². The van der Waals surface area contributed by atoms with Gasteiger partial charge in [0.25, 0.3) is 0 Å². The Balaban J connectivity index is 2.60. The molecule has 0 saturated carbocycles. The van der Waals surface area contributed by atoms with Gasteiger partial charge in [-0.05, 0) is 56.7 Å². The predicted octanol–water partition coefficient (Wildman–Crippen LogP) is 4.70. The number of rotatable bonds is 8. The molecule has 0 aliphatic rings. The van der Waals surface area contributed by atoms with Gasteiger partial charge in [-0.15, -0.1) is 0 Å². The molecule has 1 aromatic rings. The fourth-order valence-corrected chi connectivity index (χ4v) is 2.56. The summed E-state index contributed by atoms with van der Waals surface area (Å²) < 4.78 is 5.79. The lowest BCUT2D eigenvalue weighted by Crippen LogP contribution is -2.24. The molecule has 104 valence electrons. The Labute approximate surface area is 112 Å². The first-order valence-corrected chi connectivity index (χ1v) is 7.32. The minimum absolute atomic E-state index is 0.368. The Morgan fingerprint density at radius 2 is 1.89 bits per heavy atom. The molecule has 0 fully saturated rings. The monoisotopic (exact) mass is 251 g/mol. The molecule has 18 heavy (non-hydrogen) atoms. The average molecular weight is 251 g/mol. The van der Waals surface area contributed by atoms with E-state index in [9.17, 15) is 0 Å². The van der Waals surface area contributed by atoms with Crippen molar-refractivity contribution in [2.24, 2.45) is 11.8 Å². The Hall–Kier alpha value is -0.760. The van der Waals surface area contributed by atoms with Gasteiger partial charge in [0.2, 0.25) is 0 Å². The zero-order valence-corrected chi connectivity index (χ0v) is 12.6. The first kappa shape index (κ1) is 15.3. The topological polar surface area (TPSA) is 25.2 Å². The zero-order chi connectivity index (χ0) is 13.5. The molecule has 2 atom stereocenters. The summed E-state index contributed by atoms with van der Waals surface area (Å²) in [5, 5.41) is 3.61. The first-order valence-electron chi connectivity index (χ1n) is 7.32. The van der Waals surface area contributed by atoms with E-state index < -0.39 is 0 Å². The van der Waals surface area contributed by atoms with Crippen LogP contribution in [0.3, 0.4) is 0 Å². The van der Waals surface area contributed by atoms with Crippen molar-refractivity contribution in [2.45, 2.75) is 59.9 Å². The number of hydrogen-bond acceptors (Lipinski definition) is 2. The molecular weight excluding hydrogens is 222 g/mol. The van der Waals surface area contributed by atoms with Crippen LogP contribution in [0.25, 0.3) is 0 Å². The molecule has 1 rings (SSSR count). The SMILES string of the molecule is CCCNC(CC(C)CC(C)C)c1ccc(C)o1. The molecule has 1 N–H and O–H groups in total. The van der Waals surface area contributed by atoms with Crippen molar-refractivity contribution in [2.75, 3.05) is 6.54 Å². The second kappa shape index (κ2) is 7.63. The van der Waals surface area contributed by atoms with Gasteiger partial charge in [-0.3, -0.25) is 0 Å². The second-order valence-electron chi connectivity index (χ2n) is 5.93. The standard InChI is InChI=1S/C16H29NO/c1-6-9-17-15(11-13(4)10-12(2)3)16-8-7-14(5)18-16/h7-8,12-13,15,17H,6,9-11H2,1-5H3. The average Bonchev–Trinajstić information content (AvgIpc) is 2.70. The summed E-state index contributed by atoms with van der Waals surface area (Å²) >= 11 is 0. The maximum absolute atomic E-state index is 5.79. The highest BCUT2D eigenvalue weighted by Gasteiger charge is 2.18. The van der Waals surface area contributed by atoms with Gasteiger partial charge in [-0.1, -0.05) is 27.7 Å². The fraction of sp³-hybridized carbons (Fsp3) is 0.750. The second-order valence-corrected chi connectivity index (χ2v) is 5.93. The summed E-state index contributed by atoms with van der Waals surface area (Å²) in [4.78, 5) is 0. The molecule has 0 aliphatic heterocycles. The van der Waals surface area contributed by atoms with Crippen molar-refractivity contribution in [3.05, 3.63) is 23.7 Å². The predicted molar refractivity (Wildman–Crippen MR) is 77.7 cm³/mol. The number of furan rings is 1. The number of aryl methyl sites for hydroxylation is 1.